The highest BCUT2D eigenvalue weighted by Crippen LogP contribution is 2.37. The molecule has 1 amide bonds. The molecule has 3 unspecified atom stereocenters. The Morgan fingerprint density at radius 3 is 3.11 bits per heavy atom. The summed E-state index contributed by atoms with van der Waals surface area (Å²) in [4.78, 5) is 19.6. The lowest BCUT2D eigenvalue weighted by Crippen LogP contribution is -2.33. The monoisotopic (exact) mass is 265 g/mol. The second kappa shape index (κ2) is 4.63. The van der Waals surface area contributed by atoms with Gasteiger partial charge in [-0.3, -0.25) is 4.79 Å². The Balaban J connectivity index is 1.75. The predicted molar refractivity (Wildman–Crippen MR) is 71.6 cm³/mol. The molecule has 2 aliphatic rings. The van der Waals surface area contributed by atoms with E-state index < -0.39 is 0 Å². The molecule has 0 bridgehead atoms. The molecule has 1 saturated heterocycles. The van der Waals surface area contributed by atoms with Crippen LogP contribution >= 0.6 is 11.3 Å². The molecule has 2 N–H and O–H groups in total. The number of amides is 1. The minimum atomic E-state index is 0.163. The van der Waals surface area contributed by atoms with Crippen LogP contribution in [0.15, 0.2) is 5.51 Å². The minimum absolute atomic E-state index is 0.163. The Kier molecular flexibility index (Phi) is 3.11. The minimum Gasteiger partial charge on any atom is -0.337 e. The van der Waals surface area contributed by atoms with Crippen LogP contribution in [0.4, 0.5) is 0 Å². The lowest BCUT2D eigenvalue weighted by Gasteiger charge is -2.18. The number of fused-ring (bicyclic) bond motifs is 1. The molecule has 0 spiro atoms. The molecule has 2 fully saturated rings. The molecular formula is C13H19N3OS. The van der Waals surface area contributed by atoms with Gasteiger partial charge in [0.25, 0.3) is 5.91 Å². The molecular weight excluding hydrogens is 246 g/mol. The van der Waals surface area contributed by atoms with Gasteiger partial charge in [0.2, 0.25) is 0 Å². The van der Waals surface area contributed by atoms with E-state index in [0.29, 0.717) is 17.9 Å². The maximum Gasteiger partial charge on any atom is 0.265 e. The smallest absolute Gasteiger partial charge is 0.265 e. The largest absolute Gasteiger partial charge is 0.337 e. The number of likely N-dealkylation sites (tertiary alicyclic amines) is 1. The number of rotatable bonds is 2. The van der Waals surface area contributed by atoms with Crippen LogP contribution < -0.4 is 5.73 Å². The van der Waals surface area contributed by atoms with E-state index in [1.54, 1.807) is 5.51 Å². The van der Waals surface area contributed by atoms with Crippen molar-refractivity contribution in [1.82, 2.24) is 9.88 Å². The van der Waals surface area contributed by atoms with Crippen molar-refractivity contribution < 1.29 is 4.79 Å². The maximum absolute atomic E-state index is 12.5. The zero-order chi connectivity index (χ0) is 12.7. The van der Waals surface area contributed by atoms with Crippen molar-refractivity contribution in [2.75, 3.05) is 13.1 Å². The topological polar surface area (TPSA) is 59.2 Å². The van der Waals surface area contributed by atoms with Gasteiger partial charge in [-0.15, -0.1) is 11.3 Å². The summed E-state index contributed by atoms with van der Waals surface area (Å²) in [5, 5.41) is 0. The number of nitrogens with zero attached hydrogens (tertiary/aromatic N) is 2. The fraction of sp³-hybridized carbons (Fsp3) is 0.692. The molecule has 0 aromatic carbocycles. The molecule has 4 nitrogen and oxygen atoms in total. The first-order valence-corrected chi connectivity index (χ1v) is 7.56. The summed E-state index contributed by atoms with van der Waals surface area (Å²) in [5.41, 5.74) is 8.82. The van der Waals surface area contributed by atoms with E-state index in [1.165, 1.54) is 17.8 Å². The van der Waals surface area contributed by atoms with Gasteiger partial charge in [0, 0.05) is 19.1 Å². The Labute approximate surface area is 111 Å². The summed E-state index contributed by atoms with van der Waals surface area (Å²) in [6, 6.07) is 0.292. The highest BCUT2D eigenvalue weighted by atomic mass is 32.1. The number of thiazole rings is 1. The fourth-order valence-electron chi connectivity index (χ4n) is 3.31. The number of hydrogen-bond acceptors (Lipinski definition) is 4. The average molecular weight is 265 g/mol. The van der Waals surface area contributed by atoms with Gasteiger partial charge >= 0.3 is 0 Å². The van der Waals surface area contributed by atoms with Crippen LogP contribution in [0.3, 0.4) is 0 Å². The third-order valence-corrected chi connectivity index (χ3v) is 5.23. The summed E-state index contributed by atoms with van der Waals surface area (Å²) in [6.07, 6.45) is 3.13. The standard InChI is InChI=1S/C13H19N3OS/c1-2-11-12(18-7-15-11)13(17)16-5-8-3-4-10(14)9(8)6-16/h7-10H,2-6,14H2,1H3. The number of carbonyl (C=O) groups is 1. The van der Waals surface area contributed by atoms with Gasteiger partial charge in [-0.2, -0.15) is 0 Å². The van der Waals surface area contributed by atoms with Gasteiger partial charge in [0.1, 0.15) is 4.88 Å². The Morgan fingerprint density at radius 1 is 1.56 bits per heavy atom. The van der Waals surface area contributed by atoms with Crippen LogP contribution in [0, 0.1) is 11.8 Å². The second-order valence-electron chi connectivity index (χ2n) is 5.36. The number of aromatic nitrogens is 1. The van der Waals surface area contributed by atoms with E-state index in [1.807, 2.05) is 11.8 Å². The van der Waals surface area contributed by atoms with E-state index in [0.717, 1.165) is 36.5 Å². The molecule has 0 radical (unpaired) electrons. The molecule has 2 heterocycles. The van der Waals surface area contributed by atoms with E-state index in [4.69, 9.17) is 5.73 Å². The first-order valence-electron chi connectivity index (χ1n) is 6.68. The van der Waals surface area contributed by atoms with Gasteiger partial charge < -0.3 is 10.6 Å². The molecule has 3 rings (SSSR count). The summed E-state index contributed by atoms with van der Waals surface area (Å²) < 4.78 is 0. The Morgan fingerprint density at radius 2 is 2.39 bits per heavy atom. The number of hydrogen-bond donors (Lipinski definition) is 1. The molecule has 1 aliphatic carbocycles. The first-order chi connectivity index (χ1) is 8.70. The molecule has 18 heavy (non-hydrogen) atoms. The van der Waals surface area contributed by atoms with Crippen LogP contribution in [-0.4, -0.2) is 34.9 Å². The molecule has 1 aromatic heterocycles. The van der Waals surface area contributed by atoms with Crippen molar-refractivity contribution >= 4 is 17.2 Å². The molecule has 3 atom stereocenters. The lowest BCUT2D eigenvalue weighted by molar-refractivity contribution is 0.0783. The number of nitrogens with two attached hydrogens (primary N) is 1. The molecule has 98 valence electrons. The molecule has 1 saturated carbocycles. The predicted octanol–water partition coefficient (Wildman–Crippen LogP) is 1.51. The van der Waals surface area contributed by atoms with Crippen molar-refractivity contribution in [2.45, 2.75) is 32.2 Å². The third-order valence-electron chi connectivity index (χ3n) is 4.37. The molecule has 1 aromatic rings. The normalized spacial score (nSPS) is 30.8. The highest BCUT2D eigenvalue weighted by Gasteiger charge is 2.43. The second-order valence-corrected chi connectivity index (χ2v) is 6.21. The van der Waals surface area contributed by atoms with Crippen LogP contribution in [0.1, 0.15) is 35.1 Å². The first kappa shape index (κ1) is 12.1. The lowest BCUT2D eigenvalue weighted by atomic mass is 9.98. The van der Waals surface area contributed by atoms with Crippen molar-refractivity contribution in [3.8, 4) is 0 Å². The van der Waals surface area contributed by atoms with Gasteiger partial charge in [-0.05, 0) is 31.1 Å². The van der Waals surface area contributed by atoms with Gasteiger partial charge in [0.15, 0.2) is 0 Å². The van der Waals surface area contributed by atoms with Crippen LogP contribution in [0.2, 0.25) is 0 Å². The van der Waals surface area contributed by atoms with E-state index in [-0.39, 0.29) is 5.91 Å². The zero-order valence-corrected chi connectivity index (χ0v) is 11.4. The molecule has 1 aliphatic heterocycles. The van der Waals surface area contributed by atoms with Crippen molar-refractivity contribution in [3.63, 3.8) is 0 Å². The maximum atomic E-state index is 12.5. The van der Waals surface area contributed by atoms with Crippen LogP contribution in [0.25, 0.3) is 0 Å². The third kappa shape index (κ3) is 1.86. The van der Waals surface area contributed by atoms with Crippen molar-refractivity contribution in [1.29, 1.82) is 0 Å². The Bertz CT molecular complexity index is 459. The number of carbonyl (C=O) groups excluding carboxylic acids is 1. The SMILES string of the molecule is CCc1ncsc1C(=O)N1CC2CCC(N)C2C1. The summed E-state index contributed by atoms with van der Waals surface area (Å²) in [6.45, 7) is 3.77. The van der Waals surface area contributed by atoms with E-state index >= 15 is 0 Å². The summed E-state index contributed by atoms with van der Waals surface area (Å²) in [7, 11) is 0. The quantitative estimate of drug-likeness (QED) is 0.882. The highest BCUT2D eigenvalue weighted by molar-refractivity contribution is 7.11. The molecule has 5 heteroatoms. The van der Waals surface area contributed by atoms with Gasteiger partial charge in [-0.25, -0.2) is 4.98 Å². The summed E-state index contributed by atoms with van der Waals surface area (Å²) >= 11 is 1.46. The summed E-state index contributed by atoms with van der Waals surface area (Å²) in [5.74, 6) is 1.31. The van der Waals surface area contributed by atoms with E-state index in [9.17, 15) is 4.79 Å². The van der Waals surface area contributed by atoms with Crippen LogP contribution in [-0.2, 0) is 6.42 Å². The Hall–Kier alpha value is -0.940. The van der Waals surface area contributed by atoms with Crippen molar-refractivity contribution in [2.24, 2.45) is 17.6 Å². The van der Waals surface area contributed by atoms with Gasteiger partial charge in [-0.1, -0.05) is 6.92 Å². The zero-order valence-electron chi connectivity index (χ0n) is 10.6. The fourth-order valence-corrected chi connectivity index (χ4v) is 4.16. The average Bonchev–Trinajstić information content (AvgIpc) is 3.05. The van der Waals surface area contributed by atoms with Gasteiger partial charge in [0.05, 0.1) is 11.2 Å². The van der Waals surface area contributed by atoms with Crippen molar-refractivity contribution in [3.05, 3.63) is 16.1 Å². The number of aryl methyl sites for hydroxylation is 1. The van der Waals surface area contributed by atoms with E-state index in [2.05, 4.69) is 4.98 Å². The van der Waals surface area contributed by atoms with Crippen LogP contribution in [0.5, 0.6) is 0 Å².